The molecule has 0 amide bonds. The lowest BCUT2D eigenvalue weighted by Crippen LogP contribution is -2.17. The van der Waals surface area contributed by atoms with Crippen LogP contribution in [0.25, 0.3) is 0 Å². The number of thioether (sulfide) groups is 1. The molecule has 0 fully saturated rings. The molecule has 3 nitrogen and oxygen atoms in total. The molecule has 0 unspecified atom stereocenters. The summed E-state index contributed by atoms with van der Waals surface area (Å²) in [6.07, 6.45) is 0. The SMILES string of the molecule is COCCONCc1ccc(SC(F)(F)F)cc1. The van der Waals surface area contributed by atoms with Gasteiger partial charge in [0.2, 0.25) is 0 Å². The van der Waals surface area contributed by atoms with Crippen molar-refractivity contribution in [2.24, 2.45) is 0 Å². The lowest BCUT2D eigenvalue weighted by molar-refractivity contribution is -0.0328. The molecule has 0 heterocycles. The van der Waals surface area contributed by atoms with Crippen molar-refractivity contribution >= 4 is 11.8 Å². The number of hydroxylamine groups is 1. The fourth-order valence-corrected chi connectivity index (χ4v) is 1.68. The fourth-order valence-electron chi connectivity index (χ4n) is 1.14. The highest BCUT2D eigenvalue weighted by Gasteiger charge is 2.28. The topological polar surface area (TPSA) is 30.5 Å². The summed E-state index contributed by atoms with van der Waals surface area (Å²) in [7, 11) is 1.57. The van der Waals surface area contributed by atoms with E-state index in [1.54, 1.807) is 19.2 Å². The van der Waals surface area contributed by atoms with Crippen LogP contribution in [0.5, 0.6) is 0 Å². The zero-order valence-corrected chi connectivity index (χ0v) is 10.6. The van der Waals surface area contributed by atoms with E-state index in [4.69, 9.17) is 9.57 Å². The highest BCUT2D eigenvalue weighted by Crippen LogP contribution is 2.36. The van der Waals surface area contributed by atoms with Crippen LogP contribution in [0.4, 0.5) is 13.2 Å². The molecular weight excluding hydrogens is 267 g/mol. The molecule has 0 spiro atoms. The molecule has 0 aliphatic rings. The summed E-state index contributed by atoms with van der Waals surface area (Å²) in [6.45, 7) is 1.33. The van der Waals surface area contributed by atoms with E-state index < -0.39 is 5.51 Å². The maximum Gasteiger partial charge on any atom is 0.446 e. The molecule has 18 heavy (non-hydrogen) atoms. The predicted molar refractivity (Wildman–Crippen MR) is 63.0 cm³/mol. The minimum absolute atomic E-state index is 0.124. The molecule has 0 bridgehead atoms. The van der Waals surface area contributed by atoms with Gasteiger partial charge in [-0.05, 0) is 29.5 Å². The molecule has 1 N–H and O–H groups in total. The van der Waals surface area contributed by atoms with Gasteiger partial charge in [0, 0.05) is 18.6 Å². The van der Waals surface area contributed by atoms with E-state index in [1.165, 1.54) is 12.1 Å². The molecule has 0 atom stereocenters. The molecule has 1 aromatic rings. The van der Waals surface area contributed by atoms with Crippen LogP contribution >= 0.6 is 11.8 Å². The monoisotopic (exact) mass is 281 g/mol. The summed E-state index contributed by atoms with van der Waals surface area (Å²) >= 11 is -0.124. The van der Waals surface area contributed by atoms with Gasteiger partial charge in [-0.15, -0.1) is 0 Å². The number of hydrogen-bond donors (Lipinski definition) is 1. The van der Waals surface area contributed by atoms with E-state index in [0.717, 1.165) is 5.56 Å². The summed E-state index contributed by atoms with van der Waals surface area (Å²) in [5.41, 5.74) is -0.706. The zero-order valence-electron chi connectivity index (χ0n) is 9.79. The molecule has 0 aliphatic carbocycles. The van der Waals surface area contributed by atoms with Crippen LogP contribution in [-0.4, -0.2) is 25.8 Å². The number of methoxy groups -OCH3 is 1. The van der Waals surface area contributed by atoms with Crippen LogP contribution in [0, 0.1) is 0 Å². The highest BCUT2D eigenvalue weighted by molar-refractivity contribution is 8.00. The van der Waals surface area contributed by atoms with Gasteiger partial charge in [0.1, 0.15) is 0 Å². The number of halogens is 3. The third kappa shape index (κ3) is 6.85. The fraction of sp³-hybridized carbons (Fsp3) is 0.455. The summed E-state index contributed by atoms with van der Waals surface area (Å²) < 4.78 is 41.0. The Hall–Kier alpha value is -0.760. The molecule has 1 rings (SSSR count). The van der Waals surface area contributed by atoms with Crippen molar-refractivity contribution in [2.45, 2.75) is 16.9 Å². The summed E-state index contributed by atoms with van der Waals surface area (Å²) in [5, 5.41) is 0. The molecule has 0 saturated carbocycles. The predicted octanol–water partition coefficient (Wildman–Crippen LogP) is 2.97. The molecule has 1 aromatic carbocycles. The standard InChI is InChI=1S/C11H14F3NO2S/c1-16-6-7-17-15-8-9-2-4-10(5-3-9)18-11(12,13)14/h2-5,15H,6-8H2,1H3. The Bertz CT molecular complexity index is 343. The van der Waals surface area contributed by atoms with Crippen molar-refractivity contribution in [3.63, 3.8) is 0 Å². The van der Waals surface area contributed by atoms with Crippen molar-refractivity contribution in [1.29, 1.82) is 0 Å². The first-order valence-electron chi connectivity index (χ1n) is 5.19. The molecular formula is C11H14F3NO2S. The van der Waals surface area contributed by atoms with E-state index in [-0.39, 0.29) is 16.7 Å². The minimum Gasteiger partial charge on any atom is -0.382 e. The summed E-state index contributed by atoms with van der Waals surface area (Å²) in [5.74, 6) is 0. The maximum absolute atomic E-state index is 12.1. The van der Waals surface area contributed by atoms with Gasteiger partial charge in [-0.3, -0.25) is 4.84 Å². The van der Waals surface area contributed by atoms with Crippen LogP contribution in [0.1, 0.15) is 5.56 Å². The Labute approximate surface area is 108 Å². The molecule has 0 aliphatic heterocycles. The van der Waals surface area contributed by atoms with Crippen LogP contribution in [0.2, 0.25) is 0 Å². The first kappa shape index (κ1) is 15.3. The van der Waals surface area contributed by atoms with E-state index >= 15 is 0 Å². The smallest absolute Gasteiger partial charge is 0.382 e. The van der Waals surface area contributed by atoms with Crippen LogP contribution in [-0.2, 0) is 16.1 Å². The largest absolute Gasteiger partial charge is 0.446 e. The molecule has 0 radical (unpaired) electrons. The van der Waals surface area contributed by atoms with Gasteiger partial charge in [-0.2, -0.15) is 18.7 Å². The van der Waals surface area contributed by atoms with Crippen molar-refractivity contribution in [3.8, 4) is 0 Å². The highest BCUT2D eigenvalue weighted by atomic mass is 32.2. The summed E-state index contributed by atoms with van der Waals surface area (Å²) in [6, 6.07) is 6.12. The van der Waals surface area contributed by atoms with Gasteiger partial charge < -0.3 is 4.74 Å². The number of benzene rings is 1. The molecule has 102 valence electrons. The van der Waals surface area contributed by atoms with E-state index in [2.05, 4.69) is 5.48 Å². The Kier molecular flexibility index (Phi) is 6.48. The average molecular weight is 281 g/mol. The normalized spacial score (nSPS) is 11.8. The molecule has 7 heteroatoms. The average Bonchev–Trinajstić information content (AvgIpc) is 2.29. The third-order valence-electron chi connectivity index (χ3n) is 1.92. The van der Waals surface area contributed by atoms with E-state index in [9.17, 15) is 13.2 Å². The Balaban J connectivity index is 2.32. The zero-order chi connectivity index (χ0) is 13.4. The number of ether oxygens (including phenoxy) is 1. The van der Waals surface area contributed by atoms with Crippen molar-refractivity contribution in [1.82, 2.24) is 5.48 Å². The molecule has 0 saturated heterocycles. The maximum atomic E-state index is 12.1. The first-order chi connectivity index (χ1) is 8.51. The van der Waals surface area contributed by atoms with Gasteiger partial charge in [0.05, 0.1) is 13.2 Å². The second kappa shape index (κ2) is 7.63. The number of nitrogens with one attached hydrogen (secondary N) is 1. The van der Waals surface area contributed by atoms with Crippen LogP contribution < -0.4 is 5.48 Å². The van der Waals surface area contributed by atoms with E-state index in [1.807, 2.05) is 0 Å². The lowest BCUT2D eigenvalue weighted by Gasteiger charge is -2.07. The number of rotatable bonds is 7. The minimum atomic E-state index is -4.25. The van der Waals surface area contributed by atoms with Crippen LogP contribution in [0.3, 0.4) is 0 Å². The second-order valence-corrected chi connectivity index (χ2v) is 4.49. The second-order valence-electron chi connectivity index (χ2n) is 3.35. The lowest BCUT2D eigenvalue weighted by atomic mass is 10.2. The van der Waals surface area contributed by atoms with Gasteiger partial charge >= 0.3 is 5.51 Å². The Morgan fingerprint density at radius 1 is 1.17 bits per heavy atom. The first-order valence-corrected chi connectivity index (χ1v) is 6.01. The van der Waals surface area contributed by atoms with Gasteiger partial charge in [0.25, 0.3) is 0 Å². The van der Waals surface area contributed by atoms with Gasteiger partial charge in [0.15, 0.2) is 0 Å². The number of hydrogen-bond acceptors (Lipinski definition) is 4. The Morgan fingerprint density at radius 3 is 2.39 bits per heavy atom. The summed E-state index contributed by atoms with van der Waals surface area (Å²) in [4.78, 5) is 5.20. The van der Waals surface area contributed by atoms with Gasteiger partial charge in [-0.1, -0.05) is 12.1 Å². The quantitative estimate of drug-likeness (QED) is 0.473. The van der Waals surface area contributed by atoms with Crippen molar-refractivity contribution in [2.75, 3.05) is 20.3 Å². The van der Waals surface area contributed by atoms with Crippen LogP contribution in [0.15, 0.2) is 29.2 Å². The van der Waals surface area contributed by atoms with Crippen molar-refractivity contribution in [3.05, 3.63) is 29.8 Å². The van der Waals surface area contributed by atoms with Gasteiger partial charge in [-0.25, -0.2) is 0 Å². The Morgan fingerprint density at radius 2 is 1.83 bits per heavy atom. The van der Waals surface area contributed by atoms with Crippen molar-refractivity contribution < 1.29 is 22.7 Å². The molecule has 0 aromatic heterocycles. The van der Waals surface area contributed by atoms with E-state index in [0.29, 0.717) is 19.8 Å². The third-order valence-corrected chi connectivity index (χ3v) is 2.66. The number of alkyl halides is 3.